The lowest BCUT2D eigenvalue weighted by atomic mass is 10.5. The Morgan fingerprint density at radius 2 is 2.00 bits per heavy atom. The lowest BCUT2D eigenvalue weighted by molar-refractivity contribution is -0.139. The summed E-state index contributed by atoms with van der Waals surface area (Å²) in [5, 5.41) is 3.54. The number of carbonyl (C=O) groups excluding carboxylic acids is 1. The summed E-state index contributed by atoms with van der Waals surface area (Å²) in [6.45, 7) is 7.51. The van der Waals surface area contributed by atoms with E-state index < -0.39 is 0 Å². The van der Waals surface area contributed by atoms with Crippen LogP contribution in [-0.2, 0) is 9.53 Å². The second kappa shape index (κ2) is 10.2. The first-order chi connectivity index (χ1) is 10.2. The largest absolute Gasteiger partial charge is 0.465 e. The number of thioether (sulfide) groups is 1. The van der Waals surface area contributed by atoms with Crippen molar-refractivity contribution < 1.29 is 14.3 Å². The predicted molar refractivity (Wildman–Crippen MR) is 81.8 cm³/mol. The highest BCUT2D eigenvalue weighted by molar-refractivity contribution is 7.99. The van der Waals surface area contributed by atoms with Gasteiger partial charge in [0.1, 0.15) is 0 Å². The molecule has 0 saturated heterocycles. The fourth-order valence-electron chi connectivity index (χ4n) is 1.30. The molecule has 118 valence electrons. The second-order valence-corrected chi connectivity index (χ2v) is 5.04. The minimum absolute atomic E-state index is 0.165. The van der Waals surface area contributed by atoms with E-state index in [2.05, 4.69) is 27.2 Å². The molecule has 0 aliphatic heterocycles. The Kier molecular flexibility index (Phi) is 8.49. The first-order valence-electron chi connectivity index (χ1n) is 7.10. The quantitative estimate of drug-likeness (QED) is 0.519. The Bertz CT molecular complexity index is 419. The SMILES string of the molecule is CCCNc1nc(OCCC)nc(SCC(=O)OCC)n1. The molecule has 1 aromatic rings. The van der Waals surface area contributed by atoms with Crippen LogP contribution in [0.25, 0.3) is 0 Å². The van der Waals surface area contributed by atoms with Crippen LogP contribution in [0.3, 0.4) is 0 Å². The van der Waals surface area contributed by atoms with Crippen LogP contribution in [-0.4, -0.2) is 46.4 Å². The number of carbonyl (C=O) groups is 1. The van der Waals surface area contributed by atoms with Gasteiger partial charge in [-0.1, -0.05) is 25.6 Å². The number of ether oxygens (including phenoxy) is 2. The molecule has 0 unspecified atom stereocenters. The molecule has 0 fully saturated rings. The van der Waals surface area contributed by atoms with Crippen molar-refractivity contribution in [3.63, 3.8) is 0 Å². The van der Waals surface area contributed by atoms with Gasteiger partial charge in [-0.15, -0.1) is 0 Å². The maximum Gasteiger partial charge on any atom is 0.322 e. The number of esters is 1. The van der Waals surface area contributed by atoms with Crippen LogP contribution in [0.1, 0.15) is 33.6 Å². The molecule has 0 aromatic carbocycles. The molecular weight excluding hydrogens is 292 g/mol. The van der Waals surface area contributed by atoms with E-state index >= 15 is 0 Å². The first-order valence-corrected chi connectivity index (χ1v) is 8.09. The van der Waals surface area contributed by atoms with Crippen LogP contribution in [0.4, 0.5) is 5.95 Å². The lowest BCUT2D eigenvalue weighted by Crippen LogP contribution is -2.10. The van der Waals surface area contributed by atoms with Crippen molar-refractivity contribution in [2.45, 2.75) is 38.8 Å². The predicted octanol–water partition coefficient (Wildman–Crippen LogP) is 2.14. The number of anilines is 1. The zero-order valence-electron chi connectivity index (χ0n) is 12.7. The number of nitrogens with zero attached hydrogens (tertiary/aromatic N) is 3. The maximum absolute atomic E-state index is 11.4. The van der Waals surface area contributed by atoms with Gasteiger partial charge in [-0.3, -0.25) is 4.79 Å². The molecule has 1 rings (SSSR count). The Labute approximate surface area is 129 Å². The fourth-order valence-corrected chi connectivity index (χ4v) is 1.93. The van der Waals surface area contributed by atoms with Gasteiger partial charge >= 0.3 is 12.0 Å². The molecule has 0 spiro atoms. The number of aromatic nitrogens is 3. The Morgan fingerprint density at radius 1 is 1.19 bits per heavy atom. The fraction of sp³-hybridized carbons (Fsp3) is 0.692. The van der Waals surface area contributed by atoms with Crippen molar-refractivity contribution in [1.82, 2.24) is 15.0 Å². The van der Waals surface area contributed by atoms with Gasteiger partial charge < -0.3 is 14.8 Å². The summed E-state index contributed by atoms with van der Waals surface area (Å²) in [5.74, 6) is 0.337. The van der Waals surface area contributed by atoms with E-state index in [-0.39, 0.29) is 17.7 Å². The summed E-state index contributed by atoms with van der Waals surface area (Å²) >= 11 is 1.21. The highest BCUT2D eigenvalue weighted by atomic mass is 32.2. The van der Waals surface area contributed by atoms with Crippen LogP contribution in [0.5, 0.6) is 6.01 Å². The van der Waals surface area contributed by atoms with Crippen LogP contribution in [0.15, 0.2) is 5.16 Å². The van der Waals surface area contributed by atoms with Gasteiger partial charge in [-0.25, -0.2) is 0 Å². The monoisotopic (exact) mass is 314 g/mol. The first kappa shape index (κ1) is 17.5. The van der Waals surface area contributed by atoms with E-state index in [9.17, 15) is 4.79 Å². The second-order valence-electron chi connectivity index (χ2n) is 4.09. The third kappa shape index (κ3) is 7.12. The number of nitrogens with one attached hydrogen (secondary N) is 1. The van der Waals surface area contributed by atoms with Crippen molar-refractivity contribution in [3.8, 4) is 6.01 Å². The molecule has 1 aromatic heterocycles. The average Bonchev–Trinajstić information content (AvgIpc) is 2.49. The molecule has 0 amide bonds. The van der Waals surface area contributed by atoms with Gasteiger partial charge in [-0.2, -0.15) is 15.0 Å². The van der Waals surface area contributed by atoms with Crippen molar-refractivity contribution in [3.05, 3.63) is 0 Å². The van der Waals surface area contributed by atoms with Crippen LogP contribution in [0.2, 0.25) is 0 Å². The smallest absolute Gasteiger partial charge is 0.322 e. The minimum atomic E-state index is -0.290. The molecule has 1 heterocycles. The number of hydrogen-bond donors (Lipinski definition) is 1. The van der Waals surface area contributed by atoms with Gasteiger partial charge in [0.05, 0.1) is 19.0 Å². The third-order valence-corrected chi connectivity index (χ3v) is 3.01. The van der Waals surface area contributed by atoms with E-state index in [1.807, 2.05) is 6.92 Å². The summed E-state index contributed by atoms with van der Waals surface area (Å²) in [6, 6.07) is 0.275. The summed E-state index contributed by atoms with van der Waals surface area (Å²) < 4.78 is 10.3. The summed E-state index contributed by atoms with van der Waals surface area (Å²) in [6.07, 6.45) is 1.83. The lowest BCUT2D eigenvalue weighted by Gasteiger charge is -2.08. The van der Waals surface area contributed by atoms with Gasteiger partial charge in [0.15, 0.2) is 5.16 Å². The van der Waals surface area contributed by atoms with Crippen LogP contribution in [0, 0.1) is 0 Å². The summed E-state index contributed by atoms with van der Waals surface area (Å²) in [7, 11) is 0. The van der Waals surface area contributed by atoms with Gasteiger partial charge in [-0.05, 0) is 19.8 Å². The van der Waals surface area contributed by atoms with E-state index in [1.54, 1.807) is 6.92 Å². The number of rotatable bonds is 10. The zero-order chi connectivity index (χ0) is 15.5. The Hall–Kier alpha value is -1.57. The zero-order valence-corrected chi connectivity index (χ0v) is 13.5. The Morgan fingerprint density at radius 3 is 2.67 bits per heavy atom. The van der Waals surface area contributed by atoms with Crippen LogP contribution < -0.4 is 10.1 Å². The van der Waals surface area contributed by atoms with E-state index in [1.165, 1.54) is 11.8 Å². The van der Waals surface area contributed by atoms with Crippen molar-refractivity contribution >= 4 is 23.7 Å². The number of hydrogen-bond acceptors (Lipinski definition) is 8. The average molecular weight is 314 g/mol. The summed E-state index contributed by atoms with van der Waals surface area (Å²) in [4.78, 5) is 24.0. The van der Waals surface area contributed by atoms with Crippen molar-refractivity contribution in [1.29, 1.82) is 0 Å². The highest BCUT2D eigenvalue weighted by Gasteiger charge is 2.10. The van der Waals surface area contributed by atoms with Gasteiger partial charge in [0.2, 0.25) is 5.95 Å². The van der Waals surface area contributed by atoms with Gasteiger partial charge in [0.25, 0.3) is 0 Å². The van der Waals surface area contributed by atoms with E-state index in [4.69, 9.17) is 9.47 Å². The van der Waals surface area contributed by atoms with E-state index in [0.29, 0.717) is 24.3 Å². The molecule has 0 aliphatic rings. The molecule has 0 bridgehead atoms. The van der Waals surface area contributed by atoms with Gasteiger partial charge in [0, 0.05) is 6.54 Å². The molecule has 0 aliphatic carbocycles. The molecule has 0 saturated carbocycles. The third-order valence-electron chi connectivity index (χ3n) is 2.19. The Balaban J connectivity index is 2.72. The molecule has 0 atom stereocenters. The normalized spacial score (nSPS) is 10.2. The molecule has 1 N–H and O–H groups in total. The molecule has 21 heavy (non-hydrogen) atoms. The molecule has 0 radical (unpaired) electrons. The topological polar surface area (TPSA) is 86.2 Å². The minimum Gasteiger partial charge on any atom is -0.465 e. The van der Waals surface area contributed by atoms with Crippen LogP contribution >= 0.6 is 11.8 Å². The molecule has 8 heteroatoms. The van der Waals surface area contributed by atoms with Crippen molar-refractivity contribution in [2.75, 3.05) is 30.8 Å². The maximum atomic E-state index is 11.4. The standard InChI is InChI=1S/C13H22N4O3S/c1-4-7-14-11-15-12(20-8-5-2)17-13(16-11)21-9-10(18)19-6-3/h4-9H2,1-3H3,(H,14,15,16,17). The van der Waals surface area contributed by atoms with E-state index in [0.717, 1.165) is 19.4 Å². The summed E-state index contributed by atoms with van der Waals surface area (Å²) in [5.41, 5.74) is 0. The van der Waals surface area contributed by atoms with Crippen molar-refractivity contribution in [2.24, 2.45) is 0 Å². The highest BCUT2D eigenvalue weighted by Crippen LogP contribution is 2.18. The molecule has 7 nitrogen and oxygen atoms in total. The molecular formula is C13H22N4O3S.